The summed E-state index contributed by atoms with van der Waals surface area (Å²) in [7, 11) is 1.36. The van der Waals surface area contributed by atoms with E-state index < -0.39 is 12.6 Å². The number of rotatable bonds is 3. The van der Waals surface area contributed by atoms with E-state index in [9.17, 15) is 4.79 Å². The molecule has 0 aromatic rings. The molecule has 8 heavy (non-hydrogen) atoms. The van der Waals surface area contributed by atoms with Crippen molar-refractivity contribution in [1.29, 1.82) is 0 Å². The largest absolute Gasteiger partial charge is 0.385 e. The Morgan fingerprint density at radius 1 is 1.88 bits per heavy atom. The molecule has 0 radical (unpaired) electrons. The Bertz CT molecular complexity index is 73.7. The Balaban J connectivity index is 2.99. The van der Waals surface area contributed by atoms with Crippen molar-refractivity contribution in [2.75, 3.05) is 13.7 Å². The van der Waals surface area contributed by atoms with Crippen LogP contribution in [0.3, 0.4) is 0 Å². The van der Waals surface area contributed by atoms with Gasteiger partial charge in [0.2, 0.25) is 12.3 Å². The van der Waals surface area contributed by atoms with Crippen molar-refractivity contribution in [1.82, 2.24) is 0 Å². The minimum atomic E-state index is -0.711. The zero-order valence-electron chi connectivity index (χ0n) is 4.29. The molecule has 0 bridgehead atoms. The lowest BCUT2D eigenvalue weighted by molar-refractivity contribution is -0.136. The lowest BCUT2D eigenvalue weighted by Gasteiger charge is -1.93. The highest BCUT2D eigenvalue weighted by Crippen LogP contribution is 2.00. The molecule has 0 aliphatic carbocycles. The third-order valence-electron chi connectivity index (χ3n) is 0.324. The van der Waals surface area contributed by atoms with Crippen LogP contribution >= 0.6 is 12.3 Å². The van der Waals surface area contributed by atoms with E-state index in [1.807, 2.05) is 0 Å². The van der Waals surface area contributed by atoms with Crippen molar-refractivity contribution in [3.05, 3.63) is 0 Å². The zero-order valence-corrected chi connectivity index (χ0v) is 5.10. The molecule has 1 N–H and O–H groups in total. The van der Waals surface area contributed by atoms with E-state index >= 15 is 0 Å². The summed E-state index contributed by atoms with van der Waals surface area (Å²) < 4.78 is 8.42. The van der Waals surface area contributed by atoms with Gasteiger partial charge in [-0.25, -0.2) is 4.79 Å². The van der Waals surface area contributed by atoms with Gasteiger partial charge < -0.3 is 9.29 Å². The maximum absolute atomic E-state index is 10.00. The van der Waals surface area contributed by atoms with Crippen molar-refractivity contribution in [2.45, 2.75) is 0 Å². The third-order valence-corrected chi connectivity index (χ3v) is 0.714. The lowest BCUT2D eigenvalue weighted by Crippen LogP contribution is -2.03. The van der Waals surface area contributed by atoms with Crippen LogP contribution in [-0.2, 0) is 13.2 Å². The predicted molar refractivity (Wildman–Crippen MR) is 27.8 cm³/mol. The van der Waals surface area contributed by atoms with Gasteiger partial charge in [0.25, 0.3) is 0 Å². The highest BCUT2D eigenvalue weighted by molar-refractivity contribution is 7.90. The van der Waals surface area contributed by atoms with Gasteiger partial charge in [-0.15, -0.1) is 0 Å². The normalized spacial score (nSPS) is 8.75. The van der Waals surface area contributed by atoms with Crippen LogP contribution in [0.25, 0.3) is 0 Å². The molecule has 0 amide bonds. The molecule has 0 heterocycles. The molecule has 0 aliphatic rings. The average molecular weight is 138 g/mol. The van der Waals surface area contributed by atoms with Gasteiger partial charge in [-0.3, -0.25) is 4.18 Å². The van der Waals surface area contributed by atoms with Gasteiger partial charge in [0.15, 0.2) is 0 Å². The van der Waals surface area contributed by atoms with Crippen LogP contribution in [0.5, 0.6) is 0 Å². The monoisotopic (exact) mass is 138 g/mol. The summed E-state index contributed by atoms with van der Waals surface area (Å²) in [4.78, 5) is 10.00. The van der Waals surface area contributed by atoms with Gasteiger partial charge >= 0.3 is 5.97 Å². The van der Waals surface area contributed by atoms with E-state index in [1.54, 1.807) is 0 Å². The Morgan fingerprint density at radius 3 is 2.88 bits per heavy atom. The smallest absolute Gasteiger partial charge is 0.345 e. The minimum Gasteiger partial charge on any atom is -0.385 e. The second kappa shape index (κ2) is 4.89. The molecule has 0 fully saturated rings. The standard InChI is InChI=1S/C3H6O4S/c1-6-8-7-3(5)2-4/h4H,2H2,1H3. The Hall–Kier alpha value is -0.260. The fraction of sp³-hybridized carbons (Fsp3) is 0.667. The van der Waals surface area contributed by atoms with Gasteiger partial charge in [-0.2, -0.15) is 0 Å². The van der Waals surface area contributed by atoms with E-state index in [1.165, 1.54) is 7.11 Å². The van der Waals surface area contributed by atoms with Gasteiger partial charge in [0.1, 0.15) is 6.61 Å². The fourth-order valence-electron chi connectivity index (χ4n) is 0.0983. The first kappa shape index (κ1) is 7.74. The quantitative estimate of drug-likeness (QED) is 0.544. The molecule has 0 unspecified atom stereocenters. The van der Waals surface area contributed by atoms with Crippen LogP contribution in [0, 0.1) is 0 Å². The van der Waals surface area contributed by atoms with Crippen molar-refractivity contribution < 1.29 is 18.3 Å². The maximum atomic E-state index is 10.00. The fourth-order valence-corrected chi connectivity index (χ4v) is 0.295. The molecule has 0 saturated carbocycles. The van der Waals surface area contributed by atoms with Crippen molar-refractivity contribution in [2.24, 2.45) is 0 Å². The van der Waals surface area contributed by atoms with Gasteiger partial charge in [-0.1, -0.05) is 0 Å². The second-order valence-corrected chi connectivity index (χ2v) is 1.48. The van der Waals surface area contributed by atoms with Crippen molar-refractivity contribution in [3.8, 4) is 0 Å². The summed E-state index contributed by atoms with van der Waals surface area (Å²) in [6.45, 7) is -0.615. The van der Waals surface area contributed by atoms with Crippen LogP contribution in [0.15, 0.2) is 0 Å². The Kier molecular flexibility index (Phi) is 4.73. The predicted octanol–water partition coefficient (Wildman–Crippen LogP) is -0.269. The van der Waals surface area contributed by atoms with E-state index in [-0.39, 0.29) is 0 Å². The van der Waals surface area contributed by atoms with Crippen molar-refractivity contribution in [3.63, 3.8) is 0 Å². The molecule has 0 atom stereocenters. The van der Waals surface area contributed by atoms with E-state index in [4.69, 9.17) is 5.11 Å². The zero-order chi connectivity index (χ0) is 6.41. The minimum absolute atomic E-state index is 0.531. The first-order chi connectivity index (χ1) is 3.81. The SMILES string of the molecule is COSOC(=O)CO. The summed E-state index contributed by atoms with van der Waals surface area (Å²) >= 11 is 0.531. The number of aliphatic hydroxyl groups excluding tert-OH is 1. The first-order valence-corrected chi connectivity index (χ1v) is 2.49. The molecular weight excluding hydrogens is 132 g/mol. The molecule has 0 rings (SSSR count). The summed E-state index contributed by atoms with van der Waals surface area (Å²) in [6, 6.07) is 0. The van der Waals surface area contributed by atoms with Crippen LogP contribution in [0.4, 0.5) is 0 Å². The molecule has 0 spiro atoms. The second-order valence-electron chi connectivity index (χ2n) is 0.848. The molecule has 0 aromatic heterocycles. The van der Waals surface area contributed by atoms with E-state index in [0.29, 0.717) is 12.3 Å². The van der Waals surface area contributed by atoms with Gasteiger partial charge in [0.05, 0.1) is 7.11 Å². The maximum Gasteiger partial charge on any atom is 0.345 e. The molecule has 0 aromatic carbocycles. The molecule has 5 heteroatoms. The van der Waals surface area contributed by atoms with Crippen molar-refractivity contribution >= 4 is 18.3 Å². The number of carbonyl (C=O) groups excluding carboxylic acids is 1. The van der Waals surface area contributed by atoms with Crippen LogP contribution < -0.4 is 0 Å². The van der Waals surface area contributed by atoms with E-state index in [0.717, 1.165) is 0 Å². The number of aliphatic hydroxyl groups is 1. The Labute approximate surface area is 51.2 Å². The number of hydrogen-bond donors (Lipinski definition) is 1. The molecule has 0 saturated heterocycles. The third kappa shape index (κ3) is 3.91. The summed E-state index contributed by atoms with van der Waals surface area (Å²) in [5.74, 6) is -0.711. The van der Waals surface area contributed by atoms with Crippen LogP contribution in [0.1, 0.15) is 0 Å². The van der Waals surface area contributed by atoms with Crippen LogP contribution in [-0.4, -0.2) is 24.8 Å². The molecule has 4 nitrogen and oxygen atoms in total. The highest BCUT2D eigenvalue weighted by atomic mass is 32.2. The topological polar surface area (TPSA) is 55.8 Å². The molecule has 0 aliphatic heterocycles. The molecular formula is C3H6O4S. The van der Waals surface area contributed by atoms with E-state index in [2.05, 4.69) is 8.37 Å². The summed E-state index contributed by atoms with van der Waals surface area (Å²) in [6.07, 6.45) is 0. The Morgan fingerprint density at radius 2 is 2.50 bits per heavy atom. The number of hydrogen-bond acceptors (Lipinski definition) is 5. The molecule has 48 valence electrons. The van der Waals surface area contributed by atoms with Crippen LogP contribution in [0.2, 0.25) is 0 Å². The highest BCUT2D eigenvalue weighted by Gasteiger charge is 1.97. The van der Waals surface area contributed by atoms with Gasteiger partial charge in [-0.05, 0) is 0 Å². The average Bonchev–Trinajstić information content (AvgIpc) is 1.83. The number of carbonyl (C=O) groups is 1. The summed E-state index contributed by atoms with van der Waals surface area (Å²) in [5, 5.41) is 8.02. The van der Waals surface area contributed by atoms with Gasteiger partial charge in [0, 0.05) is 0 Å². The lowest BCUT2D eigenvalue weighted by atomic mass is 10.8. The summed E-state index contributed by atoms with van der Waals surface area (Å²) in [5.41, 5.74) is 0. The first-order valence-electron chi connectivity index (χ1n) is 1.82.